The van der Waals surface area contributed by atoms with E-state index in [2.05, 4.69) is 160 Å². The van der Waals surface area contributed by atoms with Gasteiger partial charge in [-0.25, -0.2) is 4.57 Å². The molecule has 0 aromatic carbocycles. The molecule has 10 heteroatoms. The molecule has 0 aromatic heterocycles. The van der Waals surface area contributed by atoms with Gasteiger partial charge >= 0.3 is 13.8 Å². The molecule has 3 atom stereocenters. The Kier molecular flexibility index (Phi) is 61.8. The number of carbonyl (C=O) groups excluding carboxylic acids is 2. The van der Waals surface area contributed by atoms with E-state index in [1.54, 1.807) is 0 Å². The van der Waals surface area contributed by atoms with Crippen molar-refractivity contribution < 1.29 is 37.3 Å². The Bertz CT molecular complexity index is 2000. The molecule has 0 aliphatic rings. The van der Waals surface area contributed by atoms with Gasteiger partial charge in [0.2, 0.25) is 5.91 Å². The quantitative estimate of drug-likeness (QED) is 0.0205. The number of nitrogens with zero attached hydrogens (tertiary/aromatic N) is 1. The zero-order chi connectivity index (χ0) is 63.5. The Morgan fingerprint density at radius 3 is 1.11 bits per heavy atom. The summed E-state index contributed by atoms with van der Waals surface area (Å²) in [5, 5.41) is 3.05. The molecule has 0 heterocycles. The Morgan fingerprint density at radius 2 is 0.736 bits per heavy atom. The largest absolute Gasteiger partial charge is 0.472 e. The summed E-state index contributed by atoms with van der Waals surface area (Å²) in [5.74, 6) is -0.565. The number of nitrogens with one attached hydrogen (secondary N) is 1. The first kappa shape index (κ1) is 82.9. The molecule has 0 saturated carbocycles. The highest BCUT2D eigenvalue weighted by molar-refractivity contribution is 7.47. The van der Waals surface area contributed by atoms with E-state index in [-0.39, 0.29) is 31.5 Å². The molecule has 0 bridgehead atoms. The van der Waals surface area contributed by atoms with Crippen LogP contribution in [-0.2, 0) is 27.9 Å². The topological polar surface area (TPSA) is 111 Å². The van der Waals surface area contributed by atoms with Crippen LogP contribution >= 0.6 is 7.82 Å². The minimum atomic E-state index is -4.48. The first-order valence-electron chi connectivity index (χ1n) is 35.2. The average Bonchev–Trinajstić information content (AvgIpc) is 3.70. The number of esters is 1. The van der Waals surface area contributed by atoms with Crippen molar-refractivity contribution in [2.45, 2.75) is 290 Å². The molecule has 496 valence electrons. The maximum absolute atomic E-state index is 13.6. The summed E-state index contributed by atoms with van der Waals surface area (Å²) < 4.78 is 30.8. The number of quaternary nitrogens is 1. The minimum Gasteiger partial charge on any atom is -0.456 e. The third-order valence-electron chi connectivity index (χ3n) is 14.8. The highest BCUT2D eigenvalue weighted by Crippen LogP contribution is 2.43. The van der Waals surface area contributed by atoms with Crippen molar-refractivity contribution in [3.63, 3.8) is 0 Å². The van der Waals surface area contributed by atoms with Gasteiger partial charge in [-0.3, -0.25) is 18.6 Å². The van der Waals surface area contributed by atoms with Crippen LogP contribution in [0.4, 0.5) is 0 Å². The molecule has 1 amide bonds. The van der Waals surface area contributed by atoms with Crippen molar-refractivity contribution in [2.75, 3.05) is 40.9 Å². The molecule has 2 N–H and O–H groups in total. The van der Waals surface area contributed by atoms with Crippen LogP contribution in [-0.4, -0.2) is 74.3 Å². The maximum Gasteiger partial charge on any atom is 0.472 e. The highest BCUT2D eigenvalue weighted by atomic mass is 31.2. The molecule has 0 aliphatic carbocycles. The molecule has 0 spiro atoms. The fraction of sp³-hybridized carbons (Fsp3) is 0.662. The van der Waals surface area contributed by atoms with E-state index in [1.807, 2.05) is 33.3 Å². The van der Waals surface area contributed by atoms with Crippen LogP contribution in [0.1, 0.15) is 278 Å². The lowest BCUT2D eigenvalue weighted by atomic mass is 10.0. The second-order valence-electron chi connectivity index (χ2n) is 24.3. The summed E-state index contributed by atoms with van der Waals surface area (Å²) in [6.07, 6.45) is 94.3. The van der Waals surface area contributed by atoms with Crippen molar-refractivity contribution >= 4 is 19.7 Å². The van der Waals surface area contributed by atoms with Crippen LogP contribution in [0.5, 0.6) is 0 Å². The normalized spacial score (nSPS) is 14.4. The van der Waals surface area contributed by atoms with Gasteiger partial charge in [0.15, 0.2) is 0 Å². The van der Waals surface area contributed by atoms with E-state index in [0.717, 1.165) is 135 Å². The van der Waals surface area contributed by atoms with Crippen LogP contribution in [0, 0.1) is 0 Å². The molecule has 87 heavy (non-hydrogen) atoms. The van der Waals surface area contributed by atoms with E-state index < -0.39 is 20.0 Å². The maximum atomic E-state index is 13.6. The van der Waals surface area contributed by atoms with Crippen molar-refractivity contribution in [1.82, 2.24) is 5.32 Å². The van der Waals surface area contributed by atoms with Crippen molar-refractivity contribution in [2.24, 2.45) is 0 Å². The zero-order valence-corrected chi connectivity index (χ0v) is 57.6. The van der Waals surface area contributed by atoms with Gasteiger partial charge in [0.25, 0.3) is 0 Å². The number of hydrogen-bond donors (Lipinski definition) is 2. The monoisotopic (exact) mass is 1230 g/mol. The summed E-state index contributed by atoms with van der Waals surface area (Å²) in [5.41, 5.74) is 0. The molecule has 0 rings (SSSR count). The Labute approximate surface area is 536 Å². The number of amides is 1. The van der Waals surface area contributed by atoms with Crippen molar-refractivity contribution in [3.05, 3.63) is 146 Å². The average molecular weight is 1230 g/mol. The molecule has 0 radical (unpaired) electrons. The fourth-order valence-electron chi connectivity index (χ4n) is 9.44. The number of allylic oxidation sites excluding steroid dienone is 23. The third kappa shape index (κ3) is 66.1. The molecular formula is C77H132N2O7P+. The number of unbranched alkanes of at least 4 members (excludes halogenated alkanes) is 24. The number of phosphoric acid groups is 1. The zero-order valence-electron chi connectivity index (χ0n) is 56.7. The molecule has 0 aromatic rings. The number of phosphoric ester groups is 1. The summed E-state index contributed by atoms with van der Waals surface area (Å²) >= 11 is 0. The number of likely N-dealkylation sites (N-methyl/N-ethyl adjacent to an activating group) is 1. The summed E-state index contributed by atoms with van der Waals surface area (Å²) in [4.78, 5) is 37.9. The molecule has 0 fully saturated rings. The molecule has 3 unspecified atom stereocenters. The Balaban J connectivity index is 5.20. The fourth-order valence-corrected chi connectivity index (χ4v) is 10.2. The van der Waals surface area contributed by atoms with E-state index >= 15 is 0 Å². The van der Waals surface area contributed by atoms with E-state index in [0.29, 0.717) is 23.9 Å². The SMILES string of the molecule is CC/C=C\C/C=C\C/C=C\C/C=C\C/C=C\C/C=C\CCCCC(=O)OC(/C=C\CCCCCCCCCCCCC)C(COP(=O)(O)OCC[N+](C)(C)C)NC(=O)CCCCCCCCCCCCC/C=C\C/C=C\C/C=C\C/C=C\C/C=C\CC. The van der Waals surface area contributed by atoms with Gasteiger partial charge in [-0.05, 0) is 128 Å². The van der Waals surface area contributed by atoms with Gasteiger partial charge in [0.1, 0.15) is 19.3 Å². The molecule has 9 nitrogen and oxygen atoms in total. The second kappa shape index (κ2) is 64.9. The van der Waals surface area contributed by atoms with Gasteiger partial charge in [0, 0.05) is 12.8 Å². The lowest BCUT2D eigenvalue weighted by Crippen LogP contribution is -2.47. The number of rotatable bonds is 62. The first-order chi connectivity index (χ1) is 42.4. The van der Waals surface area contributed by atoms with Crippen LogP contribution in [0.3, 0.4) is 0 Å². The number of ether oxygens (including phenoxy) is 1. The van der Waals surface area contributed by atoms with Crippen molar-refractivity contribution in [3.8, 4) is 0 Å². The van der Waals surface area contributed by atoms with E-state index in [4.69, 9.17) is 13.8 Å². The van der Waals surface area contributed by atoms with Crippen LogP contribution in [0.25, 0.3) is 0 Å². The van der Waals surface area contributed by atoms with E-state index in [9.17, 15) is 19.0 Å². The molecular weight excluding hydrogens is 1100 g/mol. The summed E-state index contributed by atoms with van der Waals surface area (Å²) in [6, 6.07) is -0.880. The number of hydrogen-bond acceptors (Lipinski definition) is 6. The number of carbonyl (C=O) groups is 2. The van der Waals surface area contributed by atoms with E-state index in [1.165, 1.54) is 103 Å². The van der Waals surface area contributed by atoms with Crippen LogP contribution in [0.15, 0.2) is 146 Å². The predicted octanol–water partition coefficient (Wildman–Crippen LogP) is 22.6. The van der Waals surface area contributed by atoms with Gasteiger partial charge in [-0.2, -0.15) is 0 Å². The summed E-state index contributed by atoms with van der Waals surface area (Å²) in [7, 11) is 1.45. The lowest BCUT2D eigenvalue weighted by molar-refractivity contribution is -0.870. The van der Waals surface area contributed by atoms with Crippen LogP contribution in [0.2, 0.25) is 0 Å². The first-order valence-corrected chi connectivity index (χ1v) is 36.7. The smallest absolute Gasteiger partial charge is 0.456 e. The highest BCUT2D eigenvalue weighted by Gasteiger charge is 2.30. The summed E-state index contributed by atoms with van der Waals surface area (Å²) in [6.45, 7) is 6.75. The molecule has 0 saturated heterocycles. The Morgan fingerprint density at radius 1 is 0.414 bits per heavy atom. The van der Waals surface area contributed by atoms with Crippen molar-refractivity contribution in [1.29, 1.82) is 0 Å². The van der Waals surface area contributed by atoms with Crippen LogP contribution < -0.4 is 5.32 Å². The third-order valence-corrected chi connectivity index (χ3v) is 15.8. The van der Waals surface area contributed by atoms with Gasteiger partial charge in [0.05, 0.1) is 33.8 Å². The lowest BCUT2D eigenvalue weighted by Gasteiger charge is -2.27. The molecule has 0 aliphatic heterocycles. The van der Waals surface area contributed by atoms with Gasteiger partial charge in [-0.15, -0.1) is 0 Å². The van der Waals surface area contributed by atoms with Gasteiger partial charge < -0.3 is 19.4 Å². The minimum absolute atomic E-state index is 0.0249. The standard InChI is InChI=1S/C77H131N2O7P/c1-7-10-13-16-19-22-25-28-30-32-34-36-37-38-39-40-41-43-44-46-48-51-54-57-60-63-66-69-76(80)78-74(73-85-87(82,83)84-72-71-79(4,5)6)75(68-65-62-59-56-53-50-27-24-21-18-15-12-9-3)86-77(81)70-67-64-61-58-55-52-49-47-45-42-35-33-31-29-26-23-20-17-14-11-8-2/h10-11,13-14,19-20,22-23,28-31,34-36,38-39,42,47,49,55,58,65,68,74-75H,7-9,12,15-18,21,24-27,32-33,37,40-41,43-46,48,50-54,56-57,59-64,66-67,69-73H2,1-6H3,(H-,78,80,82,83)/p+1/b13-10-,14-11-,22-19-,23-20-,30-28-,31-29-,36-34-,39-38-,42-35-,49-47-,58-55-,68-65-. The second-order valence-corrected chi connectivity index (χ2v) is 25.7. The van der Waals surface area contributed by atoms with Gasteiger partial charge in [-0.1, -0.05) is 283 Å². The Hall–Kier alpha value is -4.11. The predicted molar refractivity (Wildman–Crippen MR) is 378 cm³/mol.